The van der Waals surface area contributed by atoms with Gasteiger partial charge in [0.2, 0.25) is 0 Å². The van der Waals surface area contributed by atoms with Crippen molar-refractivity contribution in [3.8, 4) is 11.1 Å². The van der Waals surface area contributed by atoms with E-state index in [0.717, 1.165) is 16.7 Å². The third-order valence-corrected chi connectivity index (χ3v) is 4.01. The molecule has 6 heteroatoms. The summed E-state index contributed by atoms with van der Waals surface area (Å²) in [5.74, 6) is 0.560. The maximum atomic E-state index is 11.5. The molecule has 0 unspecified atom stereocenters. The van der Waals surface area contributed by atoms with Crippen molar-refractivity contribution in [1.29, 1.82) is 0 Å². The van der Waals surface area contributed by atoms with Gasteiger partial charge in [-0.05, 0) is 30.2 Å². The summed E-state index contributed by atoms with van der Waals surface area (Å²) in [6, 6.07) is 5.00. The van der Waals surface area contributed by atoms with Gasteiger partial charge in [0.15, 0.2) is 9.84 Å². The Balaban J connectivity index is 2.59. The SMILES string of the molecule is Cc1cc(S(C)(=O)=O)ccc1-c1cnn(C)c1N. The second-order valence-corrected chi connectivity index (χ2v) is 6.33. The van der Waals surface area contributed by atoms with Crippen LogP contribution >= 0.6 is 0 Å². The lowest BCUT2D eigenvalue weighted by molar-refractivity contribution is 0.602. The molecule has 18 heavy (non-hydrogen) atoms. The molecule has 1 heterocycles. The van der Waals surface area contributed by atoms with Gasteiger partial charge in [-0.2, -0.15) is 5.10 Å². The van der Waals surface area contributed by atoms with Crippen LogP contribution in [-0.4, -0.2) is 24.5 Å². The molecule has 2 rings (SSSR count). The summed E-state index contributed by atoms with van der Waals surface area (Å²) in [6.45, 7) is 1.86. The summed E-state index contributed by atoms with van der Waals surface area (Å²) in [5.41, 5.74) is 8.48. The van der Waals surface area contributed by atoms with Gasteiger partial charge in [0, 0.05) is 18.9 Å². The van der Waals surface area contributed by atoms with Gasteiger partial charge in [-0.1, -0.05) is 6.07 Å². The molecule has 0 aliphatic heterocycles. The van der Waals surface area contributed by atoms with Crippen LogP contribution < -0.4 is 5.73 Å². The smallest absolute Gasteiger partial charge is 0.175 e. The third kappa shape index (κ3) is 2.11. The fraction of sp³-hybridized carbons (Fsp3) is 0.250. The molecule has 0 amide bonds. The maximum Gasteiger partial charge on any atom is 0.175 e. The maximum absolute atomic E-state index is 11.5. The van der Waals surface area contributed by atoms with Crippen molar-refractivity contribution < 1.29 is 8.42 Å². The van der Waals surface area contributed by atoms with Crippen molar-refractivity contribution in [3.63, 3.8) is 0 Å². The zero-order valence-electron chi connectivity index (χ0n) is 10.5. The number of sulfone groups is 1. The quantitative estimate of drug-likeness (QED) is 0.889. The van der Waals surface area contributed by atoms with Gasteiger partial charge < -0.3 is 5.73 Å². The number of benzene rings is 1. The Hall–Kier alpha value is -1.82. The first kappa shape index (κ1) is 12.6. The van der Waals surface area contributed by atoms with E-state index < -0.39 is 9.84 Å². The molecule has 1 aromatic carbocycles. The number of nitrogens with two attached hydrogens (primary N) is 1. The molecule has 1 aromatic heterocycles. The van der Waals surface area contributed by atoms with Crippen LogP contribution in [0.25, 0.3) is 11.1 Å². The van der Waals surface area contributed by atoms with E-state index in [2.05, 4.69) is 5.10 Å². The van der Waals surface area contributed by atoms with Crippen molar-refractivity contribution >= 4 is 15.7 Å². The lowest BCUT2D eigenvalue weighted by atomic mass is 10.0. The fourth-order valence-corrected chi connectivity index (χ4v) is 2.53. The molecule has 0 aliphatic rings. The van der Waals surface area contributed by atoms with Gasteiger partial charge in [0.1, 0.15) is 5.82 Å². The van der Waals surface area contributed by atoms with Crippen LogP contribution in [0.1, 0.15) is 5.56 Å². The van der Waals surface area contributed by atoms with Crippen LogP contribution in [0.4, 0.5) is 5.82 Å². The number of hydrogen-bond donors (Lipinski definition) is 1. The molecule has 0 atom stereocenters. The molecule has 2 aromatic rings. The summed E-state index contributed by atoms with van der Waals surface area (Å²) in [5, 5.41) is 4.08. The number of aromatic nitrogens is 2. The predicted octanol–water partition coefficient (Wildman–Crippen LogP) is 1.38. The van der Waals surface area contributed by atoms with Gasteiger partial charge in [-0.25, -0.2) is 8.42 Å². The van der Waals surface area contributed by atoms with E-state index in [0.29, 0.717) is 10.7 Å². The minimum Gasteiger partial charge on any atom is -0.383 e. The first-order valence-electron chi connectivity index (χ1n) is 5.39. The molecule has 0 bridgehead atoms. The van der Waals surface area contributed by atoms with Gasteiger partial charge >= 0.3 is 0 Å². The lowest BCUT2D eigenvalue weighted by Gasteiger charge is -2.07. The number of rotatable bonds is 2. The molecule has 0 saturated carbocycles. The Morgan fingerprint density at radius 3 is 2.39 bits per heavy atom. The number of nitrogen functional groups attached to an aromatic ring is 1. The normalized spacial score (nSPS) is 11.7. The Bertz CT molecular complexity index is 702. The second-order valence-electron chi connectivity index (χ2n) is 4.32. The zero-order chi connectivity index (χ0) is 13.5. The van der Waals surface area contributed by atoms with Gasteiger partial charge in [0.25, 0.3) is 0 Å². The van der Waals surface area contributed by atoms with Crippen LogP contribution in [-0.2, 0) is 16.9 Å². The van der Waals surface area contributed by atoms with Gasteiger partial charge in [-0.3, -0.25) is 4.68 Å². The summed E-state index contributed by atoms with van der Waals surface area (Å²) in [6.07, 6.45) is 2.87. The van der Waals surface area contributed by atoms with E-state index >= 15 is 0 Å². The molecular weight excluding hydrogens is 250 g/mol. The lowest BCUT2D eigenvalue weighted by Crippen LogP contribution is -2.00. The molecule has 2 N–H and O–H groups in total. The summed E-state index contributed by atoms with van der Waals surface area (Å²) in [4.78, 5) is 0.311. The zero-order valence-corrected chi connectivity index (χ0v) is 11.3. The number of aryl methyl sites for hydroxylation is 2. The van der Waals surface area contributed by atoms with Crippen molar-refractivity contribution in [2.75, 3.05) is 12.0 Å². The van der Waals surface area contributed by atoms with Crippen LogP contribution in [0.2, 0.25) is 0 Å². The molecule has 0 aliphatic carbocycles. The highest BCUT2D eigenvalue weighted by atomic mass is 32.2. The highest BCUT2D eigenvalue weighted by Gasteiger charge is 2.13. The molecule has 0 saturated heterocycles. The van der Waals surface area contributed by atoms with E-state index in [4.69, 9.17) is 5.73 Å². The largest absolute Gasteiger partial charge is 0.383 e. The molecular formula is C12H15N3O2S. The van der Waals surface area contributed by atoms with Crippen LogP contribution in [0.3, 0.4) is 0 Å². The Morgan fingerprint density at radius 1 is 1.28 bits per heavy atom. The average molecular weight is 265 g/mol. The van der Waals surface area contributed by atoms with Gasteiger partial charge in [-0.15, -0.1) is 0 Å². The first-order valence-corrected chi connectivity index (χ1v) is 7.28. The van der Waals surface area contributed by atoms with Crippen LogP contribution in [0.15, 0.2) is 29.3 Å². The highest BCUT2D eigenvalue weighted by molar-refractivity contribution is 7.90. The van der Waals surface area contributed by atoms with E-state index in [1.165, 1.54) is 6.26 Å². The summed E-state index contributed by atoms with van der Waals surface area (Å²) in [7, 11) is -1.42. The molecule has 0 spiro atoms. The average Bonchev–Trinajstić information content (AvgIpc) is 2.59. The molecule has 96 valence electrons. The summed E-state index contributed by atoms with van der Waals surface area (Å²) < 4.78 is 24.5. The van der Waals surface area contributed by atoms with E-state index in [9.17, 15) is 8.42 Å². The third-order valence-electron chi connectivity index (χ3n) is 2.90. The first-order chi connectivity index (χ1) is 8.30. The van der Waals surface area contributed by atoms with Crippen molar-refractivity contribution in [2.45, 2.75) is 11.8 Å². The van der Waals surface area contributed by atoms with E-state index in [1.807, 2.05) is 6.92 Å². The number of hydrogen-bond acceptors (Lipinski definition) is 4. The van der Waals surface area contributed by atoms with Crippen LogP contribution in [0.5, 0.6) is 0 Å². The topological polar surface area (TPSA) is 78.0 Å². The Morgan fingerprint density at radius 2 is 1.94 bits per heavy atom. The second kappa shape index (κ2) is 4.13. The van der Waals surface area contributed by atoms with E-state index in [1.54, 1.807) is 36.1 Å². The molecule has 5 nitrogen and oxygen atoms in total. The molecule has 0 fully saturated rings. The van der Waals surface area contributed by atoms with Crippen molar-refractivity contribution in [1.82, 2.24) is 9.78 Å². The molecule has 0 radical (unpaired) electrons. The summed E-state index contributed by atoms with van der Waals surface area (Å²) >= 11 is 0. The van der Waals surface area contributed by atoms with Gasteiger partial charge in [0.05, 0.1) is 11.1 Å². The van der Waals surface area contributed by atoms with Crippen LogP contribution in [0, 0.1) is 6.92 Å². The monoisotopic (exact) mass is 265 g/mol. The fourth-order valence-electron chi connectivity index (χ4n) is 1.82. The number of nitrogens with zero attached hydrogens (tertiary/aromatic N) is 2. The van der Waals surface area contributed by atoms with E-state index in [-0.39, 0.29) is 0 Å². The minimum atomic E-state index is -3.18. The highest BCUT2D eigenvalue weighted by Crippen LogP contribution is 2.29. The Labute approximate surface area is 106 Å². The van der Waals surface area contributed by atoms with Crippen molar-refractivity contribution in [3.05, 3.63) is 30.0 Å². The van der Waals surface area contributed by atoms with Crippen molar-refractivity contribution in [2.24, 2.45) is 7.05 Å². The predicted molar refractivity (Wildman–Crippen MR) is 70.9 cm³/mol. The Kier molecular flexibility index (Phi) is 2.90. The number of anilines is 1. The minimum absolute atomic E-state index is 0.311. The standard InChI is InChI=1S/C12H15N3O2S/c1-8-6-9(18(3,16)17)4-5-10(8)11-7-14-15(2)12(11)13/h4-7H,13H2,1-3H3.